The first-order chi connectivity index (χ1) is 19.6. The molecule has 3 aromatic rings. The fourth-order valence-electron chi connectivity index (χ4n) is 4.52. The van der Waals surface area contributed by atoms with Crippen LogP contribution in [0.3, 0.4) is 0 Å². The number of hydrogen-bond donors (Lipinski definition) is 3. The van der Waals surface area contributed by atoms with Gasteiger partial charge in [-0.2, -0.15) is 10.4 Å². The molecule has 0 radical (unpaired) electrons. The number of esters is 1. The normalized spacial score (nSPS) is 15.0. The number of benzene rings is 1. The summed E-state index contributed by atoms with van der Waals surface area (Å²) in [5.74, 6) is 5.42. The molecule has 0 spiro atoms. The van der Waals surface area contributed by atoms with E-state index < -0.39 is 17.2 Å². The number of hydrazone groups is 1. The maximum atomic E-state index is 12.3. The van der Waals surface area contributed by atoms with Crippen molar-refractivity contribution in [2.24, 2.45) is 15.9 Å². The van der Waals surface area contributed by atoms with Crippen molar-refractivity contribution in [3.05, 3.63) is 71.2 Å². The summed E-state index contributed by atoms with van der Waals surface area (Å²) in [5, 5.41) is 27.0. The van der Waals surface area contributed by atoms with Gasteiger partial charge in [0.05, 0.1) is 47.2 Å². The third-order valence-electron chi connectivity index (χ3n) is 6.41. The minimum absolute atomic E-state index is 0.152. The predicted molar refractivity (Wildman–Crippen MR) is 156 cm³/mol. The highest BCUT2D eigenvalue weighted by molar-refractivity contribution is 6.37. The highest BCUT2D eigenvalue weighted by Gasteiger charge is 2.34. The first kappa shape index (κ1) is 29.3. The zero-order valence-corrected chi connectivity index (χ0v) is 23.5. The minimum atomic E-state index is -0.882. The van der Waals surface area contributed by atoms with Crippen LogP contribution in [0.4, 0.5) is 5.95 Å². The lowest BCUT2D eigenvalue weighted by Crippen LogP contribution is -2.28. The number of pyridine rings is 1. The van der Waals surface area contributed by atoms with Crippen LogP contribution < -0.4 is 11.2 Å². The van der Waals surface area contributed by atoms with Gasteiger partial charge in [-0.3, -0.25) is 14.8 Å². The first-order valence-electron chi connectivity index (χ1n) is 13.4. The van der Waals surface area contributed by atoms with E-state index in [4.69, 9.17) is 10.6 Å². The van der Waals surface area contributed by atoms with Gasteiger partial charge in [0.25, 0.3) is 0 Å². The first-order valence-corrected chi connectivity index (χ1v) is 13.4. The average Bonchev–Trinajstić information content (AvgIpc) is 3.41. The van der Waals surface area contributed by atoms with E-state index in [0.29, 0.717) is 46.7 Å². The van der Waals surface area contributed by atoms with Crippen LogP contribution in [0.15, 0.2) is 58.6 Å². The maximum Gasteiger partial charge on any atom is 0.325 e. The molecule has 212 valence electrons. The van der Waals surface area contributed by atoms with Gasteiger partial charge in [0.1, 0.15) is 23.5 Å². The fraction of sp³-hybridized carbons (Fsp3) is 0.367. The summed E-state index contributed by atoms with van der Waals surface area (Å²) in [5.41, 5.74) is 2.11. The van der Waals surface area contributed by atoms with E-state index in [0.717, 1.165) is 12.8 Å². The fourth-order valence-corrected chi connectivity index (χ4v) is 4.52. The molecule has 1 aliphatic rings. The Kier molecular flexibility index (Phi) is 9.04. The van der Waals surface area contributed by atoms with Crippen LogP contribution in [0.1, 0.15) is 69.1 Å². The Hall–Kier alpha value is -4.69. The number of nitrogens with zero attached hydrogens (tertiary/aromatic N) is 6. The molecule has 2 heterocycles. The average molecular weight is 555 g/mol. The number of hydrogen-bond acceptors (Lipinski definition) is 11. The highest BCUT2D eigenvalue weighted by Crippen LogP contribution is 2.37. The summed E-state index contributed by atoms with van der Waals surface area (Å²) in [6.45, 7) is 5.45. The van der Waals surface area contributed by atoms with Gasteiger partial charge in [-0.25, -0.2) is 9.97 Å². The van der Waals surface area contributed by atoms with Crippen molar-refractivity contribution in [3.8, 4) is 17.3 Å². The number of nitrogens with two attached hydrogens (primary N) is 1. The molecule has 1 aliphatic carbocycles. The number of nitriles is 1. The van der Waals surface area contributed by atoms with Crippen molar-refractivity contribution in [1.82, 2.24) is 15.0 Å². The number of anilines is 1. The Bertz CT molecular complexity index is 1500. The molecule has 11 heteroatoms. The summed E-state index contributed by atoms with van der Waals surface area (Å²) in [6.07, 6.45) is 4.86. The van der Waals surface area contributed by atoms with Crippen LogP contribution in [-0.2, 0) is 21.7 Å². The Morgan fingerprint density at radius 3 is 2.63 bits per heavy atom. The van der Waals surface area contributed by atoms with Gasteiger partial charge >= 0.3 is 5.97 Å². The number of aromatic nitrogens is 3. The molecular weight excluding hydrogens is 520 g/mol. The van der Waals surface area contributed by atoms with E-state index in [-0.39, 0.29) is 24.7 Å². The van der Waals surface area contributed by atoms with Crippen molar-refractivity contribution in [1.29, 1.82) is 5.26 Å². The third-order valence-corrected chi connectivity index (χ3v) is 6.41. The number of rotatable bonds is 9. The van der Waals surface area contributed by atoms with Gasteiger partial charge in [0.2, 0.25) is 5.95 Å². The van der Waals surface area contributed by atoms with E-state index in [1.165, 1.54) is 6.21 Å². The van der Waals surface area contributed by atoms with E-state index >= 15 is 0 Å². The molecule has 0 atom stereocenters. The lowest BCUT2D eigenvalue weighted by Gasteiger charge is -2.21. The number of ether oxygens (including phenoxy) is 1. The smallest absolute Gasteiger partial charge is 0.325 e. The van der Waals surface area contributed by atoms with Gasteiger partial charge in [-0.05, 0) is 63.9 Å². The molecule has 1 saturated carbocycles. The summed E-state index contributed by atoms with van der Waals surface area (Å²) in [4.78, 5) is 30.4. The molecule has 0 amide bonds. The van der Waals surface area contributed by atoms with Gasteiger partial charge < -0.3 is 21.0 Å². The van der Waals surface area contributed by atoms with Gasteiger partial charge in [-0.1, -0.05) is 31.0 Å². The van der Waals surface area contributed by atoms with Gasteiger partial charge in [0, 0.05) is 5.56 Å². The van der Waals surface area contributed by atoms with Gasteiger partial charge in [0.15, 0.2) is 0 Å². The predicted octanol–water partition coefficient (Wildman–Crippen LogP) is 3.86. The zero-order chi connectivity index (χ0) is 29.5. The second-order valence-electron chi connectivity index (χ2n) is 10.8. The molecule has 2 aromatic heterocycles. The maximum absolute atomic E-state index is 12.3. The molecule has 1 fully saturated rings. The number of aliphatic hydroxyl groups is 1. The molecule has 1 aromatic carbocycles. The van der Waals surface area contributed by atoms with E-state index in [1.807, 2.05) is 24.3 Å². The summed E-state index contributed by atoms with van der Waals surface area (Å²) in [7, 11) is 0. The lowest BCUT2D eigenvalue weighted by atomic mass is 9.97. The second kappa shape index (κ2) is 12.7. The standard InChI is InChI=1S/C30H34N8O3/c1-29(2,3)41-27(39)19-34-28-36-23(21-9-6-8-20(14-21)16-31)15-24(37-28)25(38-32)18-33-17-22-10-7-11-26(35-22)30(40)12-4-5-13-30/h6-11,14-15,18,40H,4-5,12-13,17,19,32H2,1-3H3,(H,34,36,37). The molecule has 0 saturated heterocycles. The highest BCUT2D eigenvalue weighted by atomic mass is 16.6. The van der Waals surface area contributed by atoms with E-state index in [2.05, 4.69) is 36.4 Å². The third kappa shape index (κ3) is 7.93. The van der Waals surface area contributed by atoms with E-state index in [9.17, 15) is 15.2 Å². The van der Waals surface area contributed by atoms with Crippen molar-refractivity contribution < 1.29 is 14.6 Å². The quantitative estimate of drug-likeness (QED) is 0.154. The van der Waals surface area contributed by atoms with Crippen molar-refractivity contribution >= 4 is 23.8 Å². The Morgan fingerprint density at radius 2 is 1.93 bits per heavy atom. The van der Waals surface area contributed by atoms with Crippen molar-refractivity contribution in [2.75, 3.05) is 11.9 Å². The second-order valence-corrected chi connectivity index (χ2v) is 10.8. The molecule has 11 nitrogen and oxygen atoms in total. The Labute approximate surface area is 239 Å². The monoisotopic (exact) mass is 554 g/mol. The molecule has 0 aliphatic heterocycles. The topological polar surface area (TPSA) is 172 Å². The largest absolute Gasteiger partial charge is 0.459 e. The van der Waals surface area contributed by atoms with Gasteiger partial charge in [-0.15, -0.1) is 0 Å². The number of carbonyl (C=O) groups is 1. The van der Waals surface area contributed by atoms with E-state index in [1.54, 1.807) is 45.0 Å². The van der Waals surface area contributed by atoms with Crippen LogP contribution in [0, 0.1) is 11.3 Å². The van der Waals surface area contributed by atoms with Crippen molar-refractivity contribution in [3.63, 3.8) is 0 Å². The minimum Gasteiger partial charge on any atom is -0.459 e. The number of nitrogens with one attached hydrogen (secondary N) is 1. The molecule has 41 heavy (non-hydrogen) atoms. The van der Waals surface area contributed by atoms with Crippen LogP contribution in [0.25, 0.3) is 11.3 Å². The van der Waals surface area contributed by atoms with Crippen LogP contribution in [0.2, 0.25) is 0 Å². The lowest BCUT2D eigenvalue weighted by molar-refractivity contribution is -0.152. The molecule has 4 rings (SSSR count). The number of carbonyl (C=O) groups excluding carboxylic acids is 1. The summed E-state index contributed by atoms with van der Waals surface area (Å²) < 4.78 is 5.37. The Balaban J connectivity index is 1.58. The molecular formula is C30H34N8O3. The van der Waals surface area contributed by atoms with Crippen LogP contribution in [-0.4, -0.2) is 50.1 Å². The summed E-state index contributed by atoms with van der Waals surface area (Å²) >= 11 is 0. The Morgan fingerprint density at radius 1 is 1.17 bits per heavy atom. The van der Waals surface area contributed by atoms with Crippen LogP contribution >= 0.6 is 0 Å². The van der Waals surface area contributed by atoms with Crippen LogP contribution in [0.5, 0.6) is 0 Å². The molecule has 4 N–H and O–H groups in total. The van der Waals surface area contributed by atoms with Crippen molar-refractivity contribution in [2.45, 2.75) is 64.2 Å². The molecule has 0 bridgehead atoms. The summed E-state index contributed by atoms with van der Waals surface area (Å²) in [6, 6.07) is 16.3. The number of aliphatic imine (C=N–C) groups is 1. The zero-order valence-electron chi connectivity index (χ0n) is 23.5. The molecule has 0 unspecified atom stereocenters. The SMILES string of the molecule is CC(C)(C)OC(=O)CNc1nc(C(C=NCc2cccc(C3(O)CCCC3)n2)=NN)cc(-c2cccc(C#N)c2)n1.